The second kappa shape index (κ2) is 8.64. The van der Waals surface area contributed by atoms with Crippen LogP contribution in [0.25, 0.3) is 11.3 Å². The molecule has 1 aromatic heterocycles. The van der Waals surface area contributed by atoms with Gasteiger partial charge in [-0.25, -0.2) is 9.82 Å². The maximum Gasteiger partial charge on any atom is 0.280 e. The van der Waals surface area contributed by atoms with E-state index in [0.29, 0.717) is 28.4 Å². The smallest absolute Gasteiger partial charge is 0.280 e. The largest absolute Gasteiger partial charge is 0.481 e. The molecular weight excluding hydrogens is 361 g/mol. The highest BCUT2D eigenvalue weighted by molar-refractivity contribution is 5.83. The first-order valence-electron chi connectivity index (χ1n) is 8.41. The van der Waals surface area contributed by atoms with Gasteiger partial charge in [-0.15, -0.1) is 0 Å². The van der Waals surface area contributed by atoms with Crippen LogP contribution < -0.4 is 10.2 Å². The lowest BCUT2D eigenvalue weighted by Gasteiger charge is -2.12. The van der Waals surface area contributed by atoms with Gasteiger partial charge in [-0.3, -0.25) is 4.79 Å². The fourth-order valence-electron chi connectivity index (χ4n) is 2.34. The van der Waals surface area contributed by atoms with Gasteiger partial charge in [-0.2, -0.15) is 10.4 Å². The highest BCUT2D eigenvalue weighted by Gasteiger charge is 2.14. The molecule has 3 rings (SSSR count). The SMILES string of the molecule is C[C@H](Oc1ccc(C#N)cc1)C(=O)N/N=C\c1ccc(-c2ccccc2F)o1. The quantitative estimate of drug-likeness (QED) is 0.522. The molecule has 6 nitrogen and oxygen atoms in total. The maximum atomic E-state index is 13.8. The van der Waals surface area contributed by atoms with E-state index in [1.165, 1.54) is 12.3 Å². The van der Waals surface area contributed by atoms with Crippen LogP contribution in [0, 0.1) is 17.1 Å². The summed E-state index contributed by atoms with van der Waals surface area (Å²) in [5.41, 5.74) is 3.20. The number of nitrogens with zero attached hydrogens (tertiary/aromatic N) is 2. The molecule has 1 amide bonds. The van der Waals surface area contributed by atoms with Crippen LogP contribution in [0.1, 0.15) is 18.2 Å². The van der Waals surface area contributed by atoms with Crippen LogP contribution in [-0.2, 0) is 4.79 Å². The van der Waals surface area contributed by atoms with Gasteiger partial charge in [0.2, 0.25) is 0 Å². The number of ether oxygens (including phenoxy) is 1. The maximum absolute atomic E-state index is 13.8. The number of halogens is 1. The minimum Gasteiger partial charge on any atom is -0.481 e. The highest BCUT2D eigenvalue weighted by Crippen LogP contribution is 2.24. The Labute approximate surface area is 160 Å². The van der Waals surface area contributed by atoms with Gasteiger partial charge >= 0.3 is 0 Å². The minimum absolute atomic E-state index is 0.343. The van der Waals surface area contributed by atoms with Gasteiger partial charge in [0.05, 0.1) is 23.4 Å². The number of hydrazone groups is 1. The summed E-state index contributed by atoms with van der Waals surface area (Å²) < 4.78 is 24.8. The first-order chi connectivity index (χ1) is 13.6. The standard InChI is InChI=1S/C21H16FN3O3/c1-14(27-16-8-6-15(12-23)7-9-16)21(26)25-24-13-17-10-11-20(28-17)18-4-2-3-5-19(18)22/h2-11,13-14H,1H3,(H,25,26)/b24-13-/t14-/m0/s1. The van der Waals surface area contributed by atoms with Crippen molar-refractivity contribution in [1.29, 1.82) is 5.26 Å². The van der Waals surface area contributed by atoms with Crippen LogP contribution in [0.3, 0.4) is 0 Å². The molecule has 1 N–H and O–H groups in total. The van der Waals surface area contributed by atoms with E-state index in [0.717, 1.165) is 0 Å². The zero-order valence-electron chi connectivity index (χ0n) is 14.9. The normalized spacial score (nSPS) is 11.8. The molecule has 1 heterocycles. The summed E-state index contributed by atoms with van der Waals surface area (Å²) in [5, 5.41) is 12.6. The Morgan fingerprint density at radius 1 is 1.21 bits per heavy atom. The number of nitrogens with one attached hydrogen (secondary N) is 1. The summed E-state index contributed by atoms with van der Waals surface area (Å²) >= 11 is 0. The number of amides is 1. The molecule has 0 fully saturated rings. The number of furan rings is 1. The molecule has 2 aromatic carbocycles. The molecule has 0 saturated heterocycles. The van der Waals surface area contributed by atoms with Crippen LogP contribution in [0.2, 0.25) is 0 Å². The predicted molar refractivity (Wildman–Crippen MR) is 101 cm³/mol. The van der Waals surface area contributed by atoms with Crippen molar-refractivity contribution in [3.05, 3.63) is 77.8 Å². The van der Waals surface area contributed by atoms with Crippen molar-refractivity contribution >= 4 is 12.1 Å². The molecule has 0 unspecified atom stereocenters. The van der Waals surface area contributed by atoms with Crippen molar-refractivity contribution in [2.24, 2.45) is 5.10 Å². The Balaban J connectivity index is 1.56. The topological polar surface area (TPSA) is 87.6 Å². The van der Waals surface area contributed by atoms with Gasteiger partial charge in [0, 0.05) is 0 Å². The number of rotatable bonds is 6. The molecule has 28 heavy (non-hydrogen) atoms. The van der Waals surface area contributed by atoms with Crippen molar-refractivity contribution in [3.63, 3.8) is 0 Å². The van der Waals surface area contributed by atoms with E-state index in [1.807, 2.05) is 6.07 Å². The zero-order chi connectivity index (χ0) is 19.9. The summed E-state index contributed by atoms with van der Waals surface area (Å²) in [6.45, 7) is 1.58. The Morgan fingerprint density at radius 3 is 2.68 bits per heavy atom. The van der Waals surface area contributed by atoms with E-state index < -0.39 is 12.0 Å². The molecule has 7 heteroatoms. The molecule has 3 aromatic rings. The molecule has 0 bridgehead atoms. The number of carbonyl (C=O) groups excluding carboxylic acids is 1. The number of hydrogen-bond acceptors (Lipinski definition) is 5. The summed E-state index contributed by atoms with van der Waals surface area (Å²) in [7, 11) is 0. The molecular formula is C21H16FN3O3. The van der Waals surface area contributed by atoms with Gasteiger partial charge in [0.1, 0.15) is 23.1 Å². The van der Waals surface area contributed by atoms with E-state index in [4.69, 9.17) is 14.4 Å². The molecule has 0 aliphatic rings. The first-order valence-corrected chi connectivity index (χ1v) is 8.41. The summed E-state index contributed by atoms with van der Waals surface area (Å²) in [4.78, 5) is 12.0. The lowest BCUT2D eigenvalue weighted by atomic mass is 10.1. The summed E-state index contributed by atoms with van der Waals surface area (Å²) in [6, 6.07) is 17.9. The van der Waals surface area contributed by atoms with Crippen molar-refractivity contribution in [2.75, 3.05) is 0 Å². The molecule has 0 saturated carbocycles. The van der Waals surface area contributed by atoms with Gasteiger partial charge < -0.3 is 9.15 Å². The number of carbonyl (C=O) groups is 1. The minimum atomic E-state index is -0.796. The zero-order valence-corrected chi connectivity index (χ0v) is 14.9. The van der Waals surface area contributed by atoms with Crippen LogP contribution in [0.5, 0.6) is 5.75 Å². The van der Waals surface area contributed by atoms with Crippen LogP contribution >= 0.6 is 0 Å². The average Bonchev–Trinajstić information content (AvgIpc) is 3.17. The van der Waals surface area contributed by atoms with Crippen molar-refractivity contribution in [1.82, 2.24) is 5.43 Å². The van der Waals surface area contributed by atoms with Crippen LogP contribution in [0.15, 0.2) is 70.2 Å². The lowest BCUT2D eigenvalue weighted by Crippen LogP contribution is -2.33. The summed E-state index contributed by atoms with van der Waals surface area (Å²) in [6.07, 6.45) is 0.520. The van der Waals surface area contributed by atoms with Gasteiger partial charge in [0.25, 0.3) is 5.91 Å². The molecule has 0 radical (unpaired) electrons. The number of benzene rings is 2. The molecule has 140 valence electrons. The highest BCUT2D eigenvalue weighted by atomic mass is 19.1. The van der Waals surface area contributed by atoms with Gasteiger partial charge in [-0.1, -0.05) is 12.1 Å². The second-order valence-corrected chi connectivity index (χ2v) is 5.81. The predicted octanol–water partition coefficient (Wildman–Crippen LogP) is 3.87. The Hall–Kier alpha value is -3.92. The Bertz CT molecular complexity index is 1040. The van der Waals surface area contributed by atoms with E-state index in [2.05, 4.69) is 10.5 Å². The van der Waals surface area contributed by atoms with Crippen molar-refractivity contribution in [2.45, 2.75) is 13.0 Å². The van der Waals surface area contributed by atoms with E-state index in [-0.39, 0.29) is 5.82 Å². The molecule has 0 spiro atoms. The lowest BCUT2D eigenvalue weighted by molar-refractivity contribution is -0.127. The van der Waals surface area contributed by atoms with Crippen LogP contribution in [0.4, 0.5) is 4.39 Å². The molecule has 0 aliphatic heterocycles. The monoisotopic (exact) mass is 377 g/mol. The Morgan fingerprint density at radius 2 is 1.96 bits per heavy atom. The number of nitriles is 1. The van der Waals surface area contributed by atoms with Gasteiger partial charge in [-0.05, 0) is 55.5 Å². The van der Waals surface area contributed by atoms with Gasteiger partial charge in [0.15, 0.2) is 6.10 Å². The third kappa shape index (κ3) is 4.62. The van der Waals surface area contributed by atoms with Crippen molar-refractivity contribution in [3.8, 4) is 23.1 Å². The van der Waals surface area contributed by atoms with Crippen molar-refractivity contribution < 1.29 is 18.3 Å². The third-order valence-corrected chi connectivity index (χ3v) is 3.80. The number of hydrogen-bond donors (Lipinski definition) is 1. The second-order valence-electron chi connectivity index (χ2n) is 5.81. The Kier molecular flexibility index (Phi) is 5.82. The van der Waals surface area contributed by atoms with E-state index >= 15 is 0 Å². The van der Waals surface area contributed by atoms with E-state index in [9.17, 15) is 9.18 Å². The third-order valence-electron chi connectivity index (χ3n) is 3.80. The molecule has 1 atom stereocenters. The summed E-state index contributed by atoms with van der Waals surface area (Å²) in [5.74, 6) is 0.345. The van der Waals surface area contributed by atoms with E-state index in [1.54, 1.807) is 61.5 Å². The fraction of sp³-hybridized carbons (Fsp3) is 0.0952. The van der Waals surface area contributed by atoms with Crippen LogP contribution in [-0.4, -0.2) is 18.2 Å². The first kappa shape index (κ1) is 18.9. The fourth-order valence-corrected chi connectivity index (χ4v) is 2.34. The molecule has 0 aliphatic carbocycles. The average molecular weight is 377 g/mol.